The number of aryl methyl sites for hydroxylation is 1. The number of hydrogen-bond donors (Lipinski definition) is 1. The maximum Gasteiger partial charge on any atom is 0.179 e. The molecule has 1 N–H and O–H groups in total. The van der Waals surface area contributed by atoms with Gasteiger partial charge in [0.1, 0.15) is 5.75 Å². The summed E-state index contributed by atoms with van der Waals surface area (Å²) in [4.78, 5) is 0.384. The smallest absolute Gasteiger partial charge is 0.179 e. The Balaban J connectivity index is 2.21. The first-order valence-corrected chi connectivity index (χ1v) is 7.79. The van der Waals surface area contributed by atoms with E-state index in [1.165, 1.54) is 0 Å². The summed E-state index contributed by atoms with van der Waals surface area (Å²) in [6.07, 6.45) is 2.00. The van der Waals surface area contributed by atoms with Crippen LogP contribution >= 0.6 is 0 Å². The fourth-order valence-corrected chi connectivity index (χ4v) is 3.94. The second-order valence-corrected chi connectivity index (χ2v) is 6.74. The van der Waals surface area contributed by atoms with Crippen LogP contribution in [-0.4, -0.2) is 33.9 Å². The standard InChI is InChI=1S/C13H19NO3S/c1-10-8-12(5-6-13(10)17-2)18(15,16)9-11-4-3-7-14-11/h5-6,8,11,14H,3-4,7,9H2,1-2H3/t11-/m0/s1. The lowest BCUT2D eigenvalue weighted by molar-refractivity contribution is 0.411. The highest BCUT2D eigenvalue weighted by molar-refractivity contribution is 7.91. The molecule has 4 nitrogen and oxygen atoms in total. The summed E-state index contributed by atoms with van der Waals surface area (Å²) in [6.45, 7) is 2.77. The van der Waals surface area contributed by atoms with Gasteiger partial charge >= 0.3 is 0 Å². The maximum absolute atomic E-state index is 12.3. The van der Waals surface area contributed by atoms with Crippen molar-refractivity contribution in [3.63, 3.8) is 0 Å². The van der Waals surface area contributed by atoms with Crippen LogP contribution in [0.25, 0.3) is 0 Å². The molecule has 0 unspecified atom stereocenters. The van der Waals surface area contributed by atoms with Crippen molar-refractivity contribution in [1.82, 2.24) is 5.32 Å². The molecular weight excluding hydrogens is 250 g/mol. The van der Waals surface area contributed by atoms with E-state index in [2.05, 4.69) is 5.32 Å². The summed E-state index contributed by atoms with van der Waals surface area (Å²) >= 11 is 0. The van der Waals surface area contributed by atoms with Gasteiger partial charge in [-0.3, -0.25) is 0 Å². The fraction of sp³-hybridized carbons (Fsp3) is 0.538. The van der Waals surface area contributed by atoms with E-state index in [1.54, 1.807) is 25.3 Å². The minimum absolute atomic E-state index is 0.0948. The molecule has 1 aliphatic rings. The van der Waals surface area contributed by atoms with E-state index in [9.17, 15) is 8.42 Å². The lowest BCUT2D eigenvalue weighted by Crippen LogP contribution is -2.29. The number of rotatable bonds is 4. The third kappa shape index (κ3) is 2.84. The number of methoxy groups -OCH3 is 1. The van der Waals surface area contributed by atoms with E-state index in [0.29, 0.717) is 10.6 Å². The molecule has 1 aliphatic heterocycles. The van der Waals surface area contributed by atoms with Crippen LogP contribution in [0, 0.1) is 6.92 Å². The molecule has 5 heteroatoms. The highest BCUT2D eigenvalue weighted by atomic mass is 32.2. The molecule has 0 aromatic heterocycles. The van der Waals surface area contributed by atoms with E-state index in [4.69, 9.17) is 4.74 Å². The Hall–Kier alpha value is -1.07. The molecule has 1 atom stereocenters. The number of hydrogen-bond acceptors (Lipinski definition) is 4. The Morgan fingerprint density at radius 3 is 2.78 bits per heavy atom. The summed E-state index contributed by atoms with van der Waals surface area (Å²) in [7, 11) is -1.63. The Morgan fingerprint density at radius 1 is 1.44 bits per heavy atom. The van der Waals surface area contributed by atoms with Crippen molar-refractivity contribution in [1.29, 1.82) is 0 Å². The zero-order valence-electron chi connectivity index (χ0n) is 10.8. The molecule has 2 rings (SSSR count). The van der Waals surface area contributed by atoms with Crippen molar-refractivity contribution in [3.8, 4) is 5.75 Å². The Kier molecular flexibility index (Phi) is 3.92. The van der Waals surface area contributed by atoms with Crippen molar-refractivity contribution in [2.75, 3.05) is 19.4 Å². The summed E-state index contributed by atoms with van der Waals surface area (Å²) in [5.74, 6) is 0.895. The first-order chi connectivity index (χ1) is 8.53. The van der Waals surface area contributed by atoms with Crippen LogP contribution in [-0.2, 0) is 9.84 Å². The lowest BCUT2D eigenvalue weighted by Gasteiger charge is -2.12. The second-order valence-electron chi connectivity index (χ2n) is 4.71. The topological polar surface area (TPSA) is 55.4 Å². The molecule has 100 valence electrons. The predicted molar refractivity (Wildman–Crippen MR) is 70.8 cm³/mol. The Bertz CT molecular complexity index is 519. The van der Waals surface area contributed by atoms with E-state index in [1.807, 2.05) is 6.92 Å². The molecule has 1 saturated heterocycles. The van der Waals surface area contributed by atoms with Gasteiger partial charge in [0.15, 0.2) is 9.84 Å². The van der Waals surface area contributed by atoms with Gasteiger partial charge in [0.25, 0.3) is 0 Å². The average molecular weight is 269 g/mol. The molecule has 1 aromatic carbocycles. The molecule has 1 fully saturated rings. The van der Waals surface area contributed by atoms with Crippen molar-refractivity contribution in [2.45, 2.75) is 30.7 Å². The van der Waals surface area contributed by atoms with Crippen molar-refractivity contribution in [2.24, 2.45) is 0 Å². The van der Waals surface area contributed by atoms with Gasteiger partial charge in [0.2, 0.25) is 0 Å². The van der Waals surface area contributed by atoms with Gasteiger partial charge in [0, 0.05) is 6.04 Å². The second kappa shape index (κ2) is 5.28. The van der Waals surface area contributed by atoms with Crippen LogP contribution in [0.3, 0.4) is 0 Å². The van der Waals surface area contributed by atoms with Crippen molar-refractivity contribution in [3.05, 3.63) is 23.8 Å². The van der Waals surface area contributed by atoms with E-state index in [-0.39, 0.29) is 11.8 Å². The van der Waals surface area contributed by atoms with Gasteiger partial charge < -0.3 is 10.1 Å². The third-order valence-electron chi connectivity index (χ3n) is 3.31. The molecule has 0 bridgehead atoms. The van der Waals surface area contributed by atoms with E-state index in [0.717, 1.165) is 24.9 Å². The monoisotopic (exact) mass is 269 g/mol. The van der Waals surface area contributed by atoms with E-state index < -0.39 is 9.84 Å². The average Bonchev–Trinajstić information content (AvgIpc) is 2.81. The zero-order valence-corrected chi connectivity index (χ0v) is 11.6. The minimum Gasteiger partial charge on any atom is -0.496 e. The maximum atomic E-state index is 12.3. The summed E-state index contributed by atoms with van der Waals surface area (Å²) in [6, 6.07) is 5.11. The van der Waals surface area contributed by atoms with Gasteiger partial charge in [0.05, 0.1) is 17.8 Å². The van der Waals surface area contributed by atoms with Crippen LogP contribution in [0.4, 0.5) is 0 Å². The Morgan fingerprint density at radius 2 is 2.22 bits per heavy atom. The summed E-state index contributed by atoms with van der Waals surface area (Å²) in [5, 5.41) is 3.22. The number of sulfone groups is 1. The normalized spacial score (nSPS) is 20.0. The molecule has 0 saturated carbocycles. The molecule has 0 aliphatic carbocycles. The van der Waals surface area contributed by atoms with E-state index >= 15 is 0 Å². The SMILES string of the molecule is COc1ccc(S(=O)(=O)C[C@@H]2CCCN2)cc1C. The minimum atomic E-state index is -3.21. The van der Waals surface area contributed by atoms with Gasteiger partial charge in [-0.25, -0.2) is 8.42 Å². The van der Waals surface area contributed by atoms with Crippen LogP contribution in [0.1, 0.15) is 18.4 Å². The molecule has 0 spiro atoms. The third-order valence-corrected chi connectivity index (χ3v) is 5.12. The van der Waals surface area contributed by atoms with Crippen molar-refractivity contribution >= 4 is 9.84 Å². The van der Waals surface area contributed by atoms with Crippen LogP contribution in [0.5, 0.6) is 5.75 Å². The zero-order chi connectivity index (χ0) is 13.2. The highest BCUT2D eigenvalue weighted by Gasteiger charge is 2.24. The van der Waals surface area contributed by atoms with Gasteiger partial charge in [-0.2, -0.15) is 0 Å². The molecule has 18 heavy (non-hydrogen) atoms. The lowest BCUT2D eigenvalue weighted by atomic mass is 10.2. The highest BCUT2D eigenvalue weighted by Crippen LogP contribution is 2.23. The number of nitrogens with one attached hydrogen (secondary N) is 1. The van der Waals surface area contributed by atoms with Crippen molar-refractivity contribution < 1.29 is 13.2 Å². The number of benzene rings is 1. The van der Waals surface area contributed by atoms with Crippen LogP contribution in [0.15, 0.2) is 23.1 Å². The molecular formula is C13H19NO3S. The van der Waals surface area contributed by atoms with Gasteiger partial charge in [-0.05, 0) is 50.1 Å². The first-order valence-electron chi connectivity index (χ1n) is 6.14. The van der Waals surface area contributed by atoms with Gasteiger partial charge in [-0.15, -0.1) is 0 Å². The summed E-state index contributed by atoms with van der Waals surface area (Å²) in [5.41, 5.74) is 0.845. The molecule has 0 amide bonds. The largest absolute Gasteiger partial charge is 0.496 e. The van der Waals surface area contributed by atoms with Gasteiger partial charge in [-0.1, -0.05) is 0 Å². The molecule has 1 heterocycles. The fourth-order valence-electron chi connectivity index (χ4n) is 2.30. The molecule has 1 aromatic rings. The van der Waals surface area contributed by atoms with Crippen LogP contribution < -0.4 is 10.1 Å². The quantitative estimate of drug-likeness (QED) is 0.900. The number of ether oxygens (including phenoxy) is 1. The van der Waals surface area contributed by atoms with Crippen LogP contribution in [0.2, 0.25) is 0 Å². The Labute approximate surface area is 108 Å². The molecule has 0 radical (unpaired) electrons. The first kappa shape index (κ1) is 13.4. The summed E-state index contributed by atoms with van der Waals surface area (Å²) < 4.78 is 29.7. The predicted octanol–water partition coefficient (Wildman–Crippen LogP) is 1.53.